The summed E-state index contributed by atoms with van der Waals surface area (Å²) in [4.78, 5) is 24.6. The van der Waals surface area contributed by atoms with Crippen molar-refractivity contribution in [3.8, 4) is 5.75 Å². The lowest BCUT2D eigenvalue weighted by molar-refractivity contribution is -0.137. The second-order valence-electron chi connectivity index (χ2n) is 5.83. The average Bonchev–Trinajstić information content (AvgIpc) is 2.41. The Morgan fingerprint density at radius 1 is 1.48 bits per heavy atom. The van der Waals surface area contributed by atoms with E-state index < -0.39 is 11.4 Å². The van der Waals surface area contributed by atoms with Crippen molar-refractivity contribution < 1.29 is 15.0 Å². The van der Waals surface area contributed by atoms with E-state index in [1.807, 2.05) is 0 Å². The van der Waals surface area contributed by atoms with Crippen molar-refractivity contribution in [2.24, 2.45) is 5.92 Å². The number of aromatic nitrogens is 1. The predicted molar refractivity (Wildman–Crippen MR) is 78.3 cm³/mol. The SMILES string of the molecule is CC1CCCN(Cc2cc(=O)c(O)cn2CCC(=O)O)C1. The van der Waals surface area contributed by atoms with E-state index in [0.29, 0.717) is 12.5 Å². The maximum atomic E-state index is 11.6. The molecule has 1 aromatic rings. The number of carbonyl (C=O) groups is 1. The zero-order valence-corrected chi connectivity index (χ0v) is 12.3. The van der Waals surface area contributed by atoms with Gasteiger partial charge in [0, 0.05) is 31.4 Å². The molecule has 2 heterocycles. The van der Waals surface area contributed by atoms with Gasteiger partial charge >= 0.3 is 5.97 Å². The molecule has 1 aliphatic rings. The molecule has 0 saturated carbocycles. The number of aromatic hydroxyl groups is 1. The van der Waals surface area contributed by atoms with Gasteiger partial charge in [0.1, 0.15) is 0 Å². The first-order chi connectivity index (χ1) is 9.95. The van der Waals surface area contributed by atoms with Gasteiger partial charge in [-0.2, -0.15) is 0 Å². The van der Waals surface area contributed by atoms with Crippen LogP contribution in [0.2, 0.25) is 0 Å². The number of pyridine rings is 1. The van der Waals surface area contributed by atoms with E-state index >= 15 is 0 Å². The van der Waals surface area contributed by atoms with Crippen molar-refractivity contribution in [2.45, 2.75) is 39.3 Å². The fourth-order valence-electron chi connectivity index (χ4n) is 2.82. The van der Waals surface area contributed by atoms with Crippen molar-refractivity contribution in [3.05, 3.63) is 28.2 Å². The first-order valence-corrected chi connectivity index (χ1v) is 7.32. The first kappa shape index (κ1) is 15.6. The Labute approximate surface area is 123 Å². The Bertz CT molecular complexity index is 567. The molecule has 2 N–H and O–H groups in total. The summed E-state index contributed by atoms with van der Waals surface area (Å²) in [5.74, 6) is -0.600. The maximum absolute atomic E-state index is 11.6. The third-order valence-corrected chi connectivity index (χ3v) is 3.89. The standard InChI is InChI=1S/C15H22N2O4/c1-11-3-2-5-16(8-11)9-12-7-13(18)14(19)10-17(12)6-4-15(20)21/h7,10-11,19H,2-6,8-9H2,1H3,(H,20,21). The van der Waals surface area contributed by atoms with E-state index in [1.165, 1.54) is 18.7 Å². The highest BCUT2D eigenvalue weighted by Crippen LogP contribution is 2.18. The molecule has 0 bridgehead atoms. The molecule has 0 spiro atoms. The van der Waals surface area contributed by atoms with Crippen LogP contribution in [0.4, 0.5) is 0 Å². The molecule has 1 unspecified atom stereocenters. The molecular formula is C15H22N2O4. The number of carboxylic acids is 1. The molecule has 6 heteroatoms. The minimum absolute atomic E-state index is 0.0360. The zero-order chi connectivity index (χ0) is 15.4. The van der Waals surface area contributed by atoms with Crippen LogP contribution in [0, 0.1) is 5.92 Å². The number of hydrogen-bond acceptors (Lipinski definition) is 4. The van der Waals surface area contributed by atoms with Gasteiger partial charge in [0.05, 0.1) is 12.6 Å². The average molecular weight is 294 g/mol. The second kappa shape index (κ2) is 6.76. The molecule has 0 radical (unpaired) electrons. The summed E-state index contributed by atoms with van der Waals surface area (Å²) in [5.41, 5.74) is 0.342. The summed E-state index contributed by atoms with van der Waals surface area (Å²) in [6.45, 7) is 5.04. The number of nitrogens with zero attached hydrogens (tertiary/aromatic N) is 2. The topological polar surface area (TPSA) is 82.8 Å². The third kappa shape index (κ3) is 4.32. The lowest BCUT2D eigenvalue weighted by Crippen LogP contribution is -2.35. The molecule has 1 fully saturated rings. The van der Waals surface area contributed by atoms with Gasteiger partial charge in [-0.15, -0.1) is 0 Å². The van der Waals surface area contributed by atoms with Crippen LogP contribution in [0.25, 0.3) is 0 Å². The highest BCUT2D eigenvalue weighted by Gasteiger charge is 2.18. The number of carboxylic acid groups (broad SMARTS) is 1. The molecule has 21 heavy (non-hydrogen) atoms. The van der Waals surface area contributed by atoms with Crippen LogP contribution >= 0.6 is 0 Å². The van der Waals surface area contributed by atoms with Crippen LogP contribution in [0.15, 0.2) is 17.1 Å². The maximum Gasteiger partial charge on any atom is 0.305 e. The van der Waals surface area contributed by atoms with Gasteiger partial charge in [0.2, 0.25) is 5.43 Å². The van der Waals surface area contributed by atoms with Crippen LogP contribution in [-0.2, 0) is 17.9 Å². The van der Waals surface area contributed by atoms with Crippen LogP contribution in [-0.4, -0.2) is 38.7 Å². The normalized spacial score (nSPS) is 19.6. The highest BCUT2D eigenvalue weighted by molar-refractivity contribution is 5.66. The predicted octanol–water partition coefficient (Wildman–Crippen LogP) is 1.26. The van der Waals surface area contributed by atoms with E-state index in [4.69, 9.17) is 5.11 Å². The van der Waals surface area contributed by atoms with Gasteiger partial charge in [-0.1, -0.05) is 6.92 Å². The van der Waals surface area contributed by atoms with E-state index in [9.17, 15) is 14.7 Å². The van der Waals surface area contributed by atoms with Gasteiger partial charge < -0.3 is 14.8 Å². The van der Waals surface area contributed by atoms with Gasteiger partial charge in [-0.05, 0) is 25.3 Å². The molecular weight excluding hydrogens is 272 g/mol. The third-order valence-electron chi connectivity index (χ3n) is 3.89. The Balaban J connectivity index is 2.17. The molecule has 116 valence electrons. The minimum Gasteiger partial charge on any atom is -0.503 e. The largest absolute Gasteiger partial charge is 0.503 e. The van der Waals surface area contributed by atoms with Crippen LogP contribution in [0.5, 0.6) is 5.75 Å². The van der Waals surface area contributed by atoms with Gasteiger partial charge in [-0.25, -0.2) is 0 Å². The molecule has 1 atom stereocenters. The van der Waals surface area contributed by atoms with Crippen LogP contribution in [0.3, 0.4) is 0 Å². The van der Waals surface area contributed by atoms with Gasteiger partial charge in [0.15, 0.2) is 5.75 Å². The summed E-state index contributed by atoms with van der Waals surface area (Å²) >= 11 is 0. The molecule has 2 rings (SSSR count). The van der Waals surface area contributed by atoms with Crippen molar-refractivity contribution in [3.63, 3.8) is 0 Å². The van der Waals surface area contributed by atoms with Gasteiger partial charge in [0.25, 0.3) is 0 Å². The fraction of sp³-hybridized carbons (Fsp3) is 0.600. The van der Waals surface area contributed by atoms with Crippen molar-refractivity contribution >= 4 is 5.97 Å². The molecule has 1 aromatic heterocycles. The Morgan fingerprint density at radius 3 is 2.90 bits per heavy atom. The quantitative estimate of drug-likeness (QED) is 0.854. The molecule has 0 amide bonds. The van der Waals surface area contributed by atoms with Crippen molar-refractivity contribution in [1.29, 1.82) is 0 Å². The zero-order valence-electron chi connectivity index (χ0n) is 12.3. The van der Waals surface area contributed by atoms with E-state index in [2.05, 4.69) is 11.8 Å². The summed E-state index contributed by atoms with van der Waals surface area (Å²) in [5, 5.41) is 18.3. The molecule has 0 aliphatic carbocycles. The van der Waals surface area contributed by atoms with E-state index in [0.717, 1.165) is 25.2 Å². The van der Waals surface area contributed by atoms with E-state index in [-0.39, 0.29) is 18.7 Å². The Kier molecular flexibility index (Phi) is 5.01. The van der Waals surface area contributed by atoms with E-state index in [1.54, 1.807) is 4.57 Å². The van der Waals surface area contributed by atoms with Gasteiger partial charge in [-0.3, -0.25) is 14.5 Å². The molecule has 0 aromatic carbocycles. The summed E-state index contributed by atoms with van der Waals surface area (Å²) in [6.07, 6.45) is 3.66. The van der Waals surface area contributed by atoms with Crippen molar-refractivity contribution in [1.82, 2.24) is 9.47 Å². The number of rotatable bonds is 5. The van der Waals surface area contributed by atoms with Crippen LogP contribution < -0.4 is 5.43 Å². The van der Waals surface area contributed by atoms with Crippen LogP contribution in [0.1, 0.15) is 31.9 Å². The number of hydrogen-bond donors (Lipinski definition) is 2. The molecule has 1 aliphatic heterocycles. The monoisotopic (exact) mass is 294 g/mol. The number of likely N-dealkylation sites (tertiary alicyclic amines) is 1. The highest BCUT2D eigenvalue weighted by atomic mass is 16.4. The molecule has 1 saturated heterocycles. The number of aliphatic carboxylic acids is 1. The summed E-state index contributed by atoms with van der Waals surface area (Å²) in [6, 6.07) is 1.41. The summed E-state index contributed by atoms with van der Waals surface area (Å²) < 4.78 is 1.67. The van der Waals surface area contributed by atoms with Crippen molar-refractivity contribution in [2.75, 3.05) is 13.1 Å². The second-order valence-corrected chi connectivity index (χ2v) is 5.83. The fourth-order valence-corrected chi connectivity index (χ4v) is 2.82. The Hall–Kier alpha value is -1.82. The summed E-state index contributed by atoms with van der Waals surface area (Å²) in [7, 11) is 0. The number of aryl methyl sites for hydroxylation is 1. The first-order valence-electron chi connectivity index (χ1n) is 7.32. The molecule has 6 nitrogen and oxygen atoms in total. The minimum atomic E-state index is -0.897. The number of piperidine rings is 1. The smallest absolute Gasteiger partial charge is 0.305 e. The lowest BCUT2D eigenvalue weighted by atomic mass is 10.0. The lowest BCUT2D eigenvalue weighted by Gasteiger charge is -2.31. The Morgan fingerprint density at radius 2 is 2.24 bits per heavy atom.